The van der Waals surface area contributed by atoms with E-state index in [9.17, 15) is 0 Å². The summed E-state index contributed by atoms with van der Waals surface area (Å²) in [4.78, 5) is 22.3. The van der Waals surface area contributed by atoms with Crippen LogP contribution in [0.5, 0.6) is 0 Å². The van der Waals surface area contributed by atoms with E-state index in [4.69, 9.17) is 0 Å². The van der Waals surface area contributed by atoms with Crippen molar-refractivity contribution in [3.05, 3.63) is 34.5 Å². The molecule has 0 radical (unpaired) electrons. The van der Waals surface area contributed by atoms with Gasteiger partial charge in [0.25, 0.3) is 0 Å². The number of anilines is 2. The molecule has 2 aromatic rings. The van der Waals surface area contributed by atoms with E-state index < -0.39 is 0 Å². The molecule has 0 aliphatic carbocycles. The van der Waals surface area contributed by atoms with E-state index in [0.29, 0.717) is 0 Å². The van der Waals surface area contributed by atoms with E-state index >= 15 is 0 Å². The highest BCUT2D eigenvalue weighted by atomic mass is 79.9. The van der Waals surface area contributed by atoms with Crippen molar-refractivity contribution < 1.29 is 0 Å². The highest BCUT2D eigenvalue weighted by molar-refractivity contribution is 9.10. The zero-order valence-electron chi connectivity index (χ0n) is 12.8. The van der Waals surface area contributed by atoms with Gasteiger partial charge < -0.3 is 9.80 Å². The number of rotatable bonds is 3. The van der Waals surface area contributed by atoms with E-state index in [1.54, 1.807) is 12.4 Å². The molecule has 1 aliphatic rings. The van der Waals surface area contributed by atoms with E-state index in [0.717, 1.165) is 60.4 Å². The highest BCUT2D eigenvalue weighted by Crippen LogP contribution is 2.18. The molecule has 0 spiro atoms. The standard InChI is InChI=1S/C15H19BrN6/c1-3-13-8-14(20-11(2)19-13)21-4-6-22(7-5-21)15-17-9-12(16)10-18-15/h8-10H,3-7H2,1-2H3. The first-order valence-electron chi connectivity index (χ1n) is 7.47. The molecule has 0 atom stereocenters. The number of hydrogen-bond donors (Lipinski definition) is 0. The number of halogens is 1. The van der Waals surface area contributed by atoms with Gasteiger partial charge in [0, 0.05) is 50.3 Å². The fourth-order valence-electron chi connectivity index (χ4n) is 2.56. The van der Waals surface area contributed by atoms with Crippen LogP contribution in [-0.2, 0) is 6.42 Å². The van der Waals surface area contributed by atoms with Crippen LogP contribution in [0.25, 0.3) is 0 Å². The third-order valence-corrected chi connectivity index (χ3v) is 4.14. The van der Waals surface area contributed by atoms with Crippen molar-refractivity contribution in [3.63, 3.8) is 0 Å². The van der Waals surface area contributed by atoms with E-state index in [2.05, 4.69) is 58.7 Å². The number of aryl methyl sites for hydroxylation is 2. The van der Waals surface area contributed by atoms with Crippen LogP contribution in [0.2, 0.25) is 0 Å². The van der Waals surface area contributed by atoms with Crippen LogP contribution < -0.4 is 9.80 Å². The van der Waals surface area contributed by atoms with Crippen molar-refractivity contribution >= 4 is 27.7 Å². The third-order valence-electron chi connectivity index (χ3n) is 3.73. The predicted molar refractivity (Wildman–Crippen MR) is 90.3 cm³/mol. The first-order valence-corrected chi connectivity index (χ1v) is 8.27. The first kappa shape index (κ1) is 15.1. The monoisotopic (exact) mass is 362 g/mol. The quantitative estimate of drug-likeness (QED) is 0.834. The summed E-state index contributed by atoms with van der Waals surface area (Å²) in [6.07, 6.45) is 4.51. The average Bonchev–Trinajstić information content (AvgIpc) is 2.55. The number of nitrogens with zero attached hydrogens (tertiary/aromatic N) is 6. The zero-order valence-corrected chi connectivity index (χ0v) is 14.4. The van der Waals surface area contributed by atoms with Crippen LogP contribution in [-0.4, -0.2) is 46.1 Å². The Labute approximate surface area is 138 Å². The molecular weight excluding hydrogens is 344 g/mol. The Kier molecular flexibility index (Phi) is 4.52. The van der Waals surface area contributed by atoms with Gasteiger partial charge in [-0.15, -0.1) is 0 Å². The fraction of sp³-hybridized carbons (Fsp3) is 0.467. The smallest absolute Gasteiger partial charge is 0.225 e. The maximum atomic E-state index is 4.57. The zero-order chi connectivity index (χ0) is 15.5. The minimum absolute atomic E-state index is 0.788. The minimum Gasteiger partial charge on any atom is -0.353 e. The molecule has 22 heavy (non-hydrogen) atoms. The van der Waals surface area contributed by atoms with Crippen LogP contribution in [0.4, 0.5) is 11.8 Å². The van der Waals surface area contributed by atoms with Gasteiger partial charge in [0.05, 0.1) is 4.47 Å². The lowest BCUT2D eigenvalue weighted by molar-refractivity contribution is 0.632. The Morgan fingerprint density at radius 1 is 1.05 bits per heavy atom. The molecule has 0 N–H and O–H groups in total. The highest BCUT2D eigenvalue weighted by Gasteiger charge is 2.20. The van der Waals surface area contributed by atoms with Crippen molar-refractivity contribution in [2.45, 2.75) is 20.3 Å². The topological polar surface area (TPSA) is 58.0 Å². The summed E-state index contributed by atoms with van der Waals surface area (Å²) < 4.78 is 0.901. The summed E-state index contributed by atoms with van der Waals surface area (Å²) in [5.41, 5.74) is 1.10. The van der Waals surface area contributed by atoms with E-state index in [-0.39, 0.29) is 0 Å². The second-order valence-electron chi connectivity index (χ2n) is 5.29. The van der Waals surface area contributed by atoms with Crippen molar-refractivity contribution in [1.82, 2.24) is 19.9 Å². The summed E-state index contributed by atoms with van der Waals surface area (Å²) in [6.45, 7) is 7.69. The van der Waals surface area contributed by atoms with E-state index in [1.165, 1.54) is 0 Å². The maximum Gasteiger partial charge on any atom is 0.225 e. The average molecular weight is 363 g/mol. The Balaban J connectivity index is 1.69. The number of hydrogen-bond acceptors (Lipinski definition) is 6. The summed E-state index contributed by atoms with van der Waals surface area (Å²) in [6, 6.07) is 2.10. The largest absolute Gasteiger partial charge is 0.353 e. The van der Waals surface area contributed by atoms with Crippen LogP contribution in [0.1, 0.15) is 18.4 Å². The van der Waals surface area contributed by atoms with Crippen LogP contribution in [0.3, 0.4) is 0 Å². The van der Waals surface area contributed by atoms with Gasteiger partial charge in [-0.1, -0.05) is 6.92 Å². The molecule has 0 bridgehead atoms. The van der Waals surface area contributed by atoms with Gasteiger partial charge in [0.2, 0.25) is 5.95 Å². The molecule has 0 aromatic carbocycles. The van der Waals surface area contributed by atoms with Crippen LogP contribution in [0.15, 0.2) is 22.9 Å². The fourth-order valence-corrected chi connectivity index (χ4v) is 2.76. The van der Waals surface area contributed by atoms with Gasteiger partial charge in [-0.3, -0.25) is 0 Å². The second-order valence-corrected chi connectivity index (χ2v) is 6.21. The molecule has 2 aromatic heterocycles. The van der Waals surface area contributed by atoms with Crippen molar-refractivity contribution in [3.8, 4) is 0 Å². The molecule has 0 amide bonds. The van der Waals surface area contributed by atoms with Crippen molar-refractivity contribution in [2.24, 2.45) is 0 Å². The summed E-state index contributed by atoms with van der Waals surface area (Å²) >= 11 is 3.36. The summed E-state index contributed by atoms with van der Waals surface area (Å²) in [5.74, 6) is 2.66. The number of aromatic nitrogens is 4. The van der Waals surface area contributed by atoms with Gasteiger partial charge in [0.15, 0.2) is 0 Å². The van der Waals surface area contributed by atoms with Gasteiger partial charge in [0.1, 0.15) is 11.6 Å². The molecular formula is C15H19BrN6. The third kappa shape index (κ3) is 3.35. The molecule has 1 fully saturated rings. The Morgan fingerprint density at radius 3 is 2.32 bits per heavy atom. The molecule has 0 unspecified atom stereocenters. The lowest BCUT2D eigenvalue weighted by Crippen LogP contribution is -2.47. The van der Waals surface area contributed by atoms with Crippen molar-refractivity contribution in [2.75, 3.05) is 36.0 Å². The van der Waals surface area contributed by atoms with Crippen LogP contribution in [0, 0.1) is 6.92 Å². The van der Waals surface area contributed by atoms with Gasteiger partial charge >= 0.3 is 0 Å². The second kappa shape index (κ2) is 6.56. The Bertz CT molecular complexity index is 637. The first-order chi connectivity index (χ1) is 10.7. The Morgan fingerprint density at radius 2 is 1.68 bits per heavy atom. The minimum atomic E-state index is 0.788. The normalized spacial score (nSPS) is 15.2. The molecule has 116 valence electrons. The van der Waals surface area contributed by atoms with E-state index in [1.807, 2.05) is 6.92 Å². The molecule has 3 rings (SSSR count). The molecule has 7 heteroatoms. The predicted octanol–water partition coefficient (Wildman–Crippen LogP) is 2.23. The lowest BCUT2D eigenvalue weighted by atomic mass is 10.2. The molecule has 1 saturated heterocycles. The van der Waals surface area contributed by atoms with Crippen molar-refractivity contribution in [1.29, 1.82) is 0 Å². The molecule has 1 aliphatic heterocycles. The van der Waals surface area contributed by atoms with Gasteiger partial charge in [-0.25, -0.2) is 19.9 Å². The molecule has 6 nitrogen and oxygen atoms in total. The summed E-state index contributed by atoms with van der Waals surface area (Å²) in [7, 11) is 0. The van der Waals surface area contributed by atoms with Gasteiger partial charge in [-0.2, -0.15) is 0 Å². The molecule has 3 heterocycles. The number of piperazine rings is 1. The summed E-state index contributed by atoms with van der Waals surface area (Å²) in [5, 5.41) is 0. The Hall–Kier alpha value is -1.76. The van der Waals surface area contributed by atoms with Gasteiger partial charge in [-0.05, 0) is 29.3 Å². The maximum absolute atomic E-state index is 4.57. The lowest BCUT2D eigenvalue weighted by Gasteiger charge is -2.35. The molecule has 0 saturated carbocycles. The SMILES string of the molecule is CCc1cc(N2CCN(c3ncc(Br)cn3)CC2)nc(C)n1. The van der Waals surface area contributed by atoms with Crippen LogP contribution >= 0.6 is 15.9 Å².